The number of benzene rings is 3. The molecule has 3 aliphatic rings. The van der Waals surface area contributed by atoms with Crippen LogP contribution in [0.2, 0.25) is 5.02 Å². The highest BCUT2D eigenvalue weighted by atomic mass is 35.5. The summed E-state index contributed by atoms with van der Waals surface area (Å²) in [4.78, 5) is 46.1. The van der Waals surface area contributed by atoms with Gasteiger partial charge < -0.3 is 34.2 Å². The van der Waals surface area contributed by atoms with Gasteiger partial charge in [0.25, 0.3) is 15.9 Å². The van der Waals surface area contributed by atoms with Crippen molar-refractivity contribution in [2.45, 2.75) is 41.8 Å². The fourth-order valence-electron chi connectivity index (χ4n) is 7.77. The molecular weight excluding hydrogens is 799 g/mol. The first kappa shape index (κ1) is 41.8. The van der Waals surface area contributed by atoms with Crippen molar-refractivity contribution in [2.24, 2.45) is 0 Å². The van der Waals surface area contributed by atoms with Crippen LogP contribution in [0.3, 0.4) is 0 Å². The standard InChI is InChI=1S/C37H41ClF3N5O10S/c1-42(2)33(48)29-19-24(47)21-45(29)36(27-17-22(5-9-30(27)55-4)11-12-43-13-15-44(16-14-43)35(50)51)26-18-23(38)6-8-28(26)46(34(36)49)57(52,53)32-10-7-25(54-3)20-31(32)56-37(39,40)41/h5-10,17-18,20,24,29,47H,11-16,19,21H2,1-4H3,(H,50,51)/t24-,29+,36?/m1/s1. The maximum atomic E-state index is 15.7. The summed E-state index contributed by atoms with van der Waals surface area (Å²) in [6, 6.07) is 10.3. The fraction of sp³-hybridized carbons (Fsp3) is 0.432. The molecule has 57 heavy (non-hydrogen) atoms. The van der Waals surface area contributed by atoms with Gasteiger partial charge in [-0.25, -0.2) is 17.5 Å². The Morgan fingerprint density at radius 2 is 1.67 bits per heavy atom. The summed E-state index contributed by atoms with van der Waals surface area (Å²) in [6.07, 6.45) is -7.30. The Morgan fingerprint density at radius 1 is 0.965 bits per heavy atom. The van der Waals surface area contributed by atoms with Gasteiger partial charge in [0, 0.05) is 75.6 Å². The van der Waals surface area contributed by atoms with E-state index in [1.807, 2.05) is 0 Å². The summed E-state index contributed by atoms with van der Waals surface area (Å²) in [6.45, 7) is 1.73. The number of anilines is 1. The lowest BCUT2D eigenvalue weighted by Crippen LogP contribution is -2.59. The van der Waals surface area contributed by atoms with E-state index in [0.717, 1.165) is 25.3 Å². The molecular formula is C37H41ClF3N5O10S. The number of carbonyl (C=O) groups is 3. The van der Waals surface area contributed by atoms with Gasteiger partial charge in [-0.2, -0.15) is 0 Å². The van der Waals surface area contributed by atoms with Gasteiger partial charge in [-0.3, -0.25) is 19.4 Å². The van der Waals surface area contributed by atoms with Crippen LogP contribution < -0.4 is 18.5 Å². The average Bonchev–Trinajstić information content (AvgIpc) is 3.67. The third kappa shape index (κ3) is 7.77. The third-order valence-electron chi connectivity index (χ3n) is 10.4. The number of carbonyl (C=O) groups excluding carboxylic acids is 2. The van der Waals surface area contributed by atoms with E-state index < -0.39 is 62.6 Å². The molecule has 2 N–H and O–H groups in total. The monoisotopic (exact) mass is 839 g/mol. The number of sulfonamides is 1. The first-order chi connectivity index (χ1) is 26.8. The number of fused-ring (bicyclic) bond motifs is 1. The second kappa shape index (κ2) is 15.8. The molecule has 0 saturated carbocycles. The Hall–Kier alpha value is -4.82. The molecule has 15 nitrogen and oxygen atoms in total. The Kier molecular flexibility index (Phi) is 11.6. The zero-order chi connectivity index (χ0) is 41.6. The number of carboxylic acid groups (broad SMARTS) is 1. The molecule has 0 bridgehead atoms. The Morgan fingerprint density at radius 3 is 2.28 bits per heavy atom. The highest BCUT2D eigenvalue weighted by Crippen LogP contribution is 2.55. The third-order valence-corrected chi connectivity index (χ3v) is 12.4. The van der Waals surface area contributed by atoms with Crippen molar-refractivity contribution in [3.8, 4) is 17.2 Å². The van der Waals surface area contributed by atoms with E-state index in [9.17, 15) is 41.4 Å². The second-order valence-electron chi connectivity index (χ2n) is 14.0. The van der Waals surface area contributed by atoms with E-state index >= 15 is 4.79 Å². The quantitative estimate of drug-likeness (QED) is 0.288. The fourth-order valence-corrected chi connectivity index (χ4v) is 9.50. The van der Waals surface area contributed by atoms with Crippen molar-refractivity contribution in [3.05, 3.63) is 76.3 Å². The zero-order valence-electron chi connectivity index (χ0n) is 31.3. The topological polar surface area (TPSA) is 170 Å². The first-order valence-corrected chi connectivity index (χ1v) is 19.5. The summed E-state index contributed by atoms with van der Waals surface area (Å²) in [5.74, 6) is -2.96. The van der Waals surface area contributed by atoms with Gasteiger partial charge >= 0.3 is 12.5 Å². The van der Waals surface area contributed by atoms with Gasteiger partial charge in [-0.15, -0.1) is 13.2 Å². The van der Waals surface area contributed by atoms with E-state index in [-0.39, 0.29) is 46.3 Å². The number of methoxy groups -OCH3 is 2. The molecule has 0 aliphatic carbocycles. The summed E-state index contributed by atoms with van der Waals surface area (Å²) < 4.78 is 86.3. The van der Waals surface area contributed by atoms with Crippen molar-refractivity contribution in [2.75, 3.05) is 71.9 Å². The van der Waals surface area contributed by atoms with Crippen LogP contribution >= 0.6 is 11.6 Å². The zero-order valence-corrected chi connectivity index (χ0v) is 32.9. The molecule has 3 aliphatic heterocycles. The normalized spacial score (nSPS) is 21.7. The minimum atomic E-state index is -5.34. The maximum absolute atomic E-state index is 15.7. The molecule has 3 aromatic carbocycles. The molecule has 3 heterocycles. The number of piperazine rings is 1. The molecule has 3 atom stereocenters. The molecule has 3 aromatic rings. The van der Waals surface area contributed by atoms with Crippen molar-refractivity contribution < 1.29 is 60.4 Å². The Labute approximate surface area is 331 Å². The number of halogens is 4. The number of likely N-dealkylation sites (N-methyl/N-ethyl adjacent to an activating group) is 1. The maximum Gasteiger partial charge on any atom is 0.573 e. The molecule has 0 radical (unpaired) electrons. The minimum absolute atomic E-state index is 0.0405. The van der Waals surface area contributed by atoms with Crippen LogP contribution in [0, 0.1) is 0 Å². The molecule has 308 valence electrons. The summed E-state index contributed by atoms with van der Waals surface area (Å²) in [5.41, 5.74) is -1.88. The highest BCUT2D eigenvalue weighted by Gasteiger charge is 2.64. The summed E-state index contributed by atoms with van der Waals surface area (Å²) in [7, 11) is 0.166. The van der Waals surface area contributed by atoms with Gasteiger partial charge in [0.1, 0.15) is 16.4 Å². The average molecular weight is 840 g/mol. The number of aliphatic hydroxyl groups excluding tert-OH is 1. The summed E-state index contributed by atoms with van der Waals surface area (Å²) >= 11 is 6.59. The smallest absolute Gasteiger partial charge is 0.497 e. The van der Waals surface area contributed by atoms with Gasteiger partial charge in [-0.1, -0.05) is 17.7 Å². The van der Waals surface area contributed by atoms with Crippen LogP contribution in [0.1, 0.15) is 23.1 Å². The number of nitrogens with zero attached hydrogens (tertiary/aromatic N) is 5. The van der Waals surface area contributed by atoms with E-state index in [4.69, 9.17) is 21.1 Å². The number of ether oxygens (including phenoxy) is 3. The number of rotatable bonds is 11. The van der Waals surface area contributed by atoms with Gasteiger partial charge in [-0.05, 0) is 60.9 Å². The van der Waals surface area contributed by atoms with Crippen LogP contribution in [-0.2, 0) is 31.6 Å². The molecule has 2 saturated heterocycles. The van der Waals surface area contributed by atoms with Gasteiger partial charge in [0.15, 0.2) is 11.3 Å². The van der Waals surface area contributed by atoms with Gasteiger partial charge in [0.05, 0.1) is 32.1 Å². The predicted octanol–water partition coefficient (Wildman–Crippen LogP) is 3.60. The van der Waals surface area contributed by atoms with Crippen LogP contribution in [0.5, 0.6) is 17.2 Å². The predicted molar refractivity (Wildman–Crippen MR) is 199 cm³/mol. The van der Waals surface area contributed by atoms with E-state index in [0.29, 0.717) is 49.0 Å². The molecule has 0 aromatic heterocycles. The first-order valence-electron chi connectivity index (χ1n) is 17.7. The van der Waals surface area contributed by atoms with E-state index in [2.05, 4.69) is 9.64 Å². The number of hydrogen-bond acceptors (Lipinski definition) is 11. The van der Waals surface area contributed by atoms with Crippen molar-refractivity contribution in [1.29, 1.82) is 0 Å². The largest absolute Gasteiger partial charge is 0.573 e. The Balaban J connectivity index is 1.57. The van der Waals surface area contributed by atoms with Crippen LogP contribution in [0.25, 0.3) is 0 Å². The highest BCUT2D eigenvalue weighted by molar-refractivity contribution is 7.93. The van der Waals surface area contributed by atoms with Crippen LogP contribution in [0.4, 0.5) is 23.7 Å². The van der Waals surface area contributed by atoms with Crippen molar-refractivity contribution >= 4 is 45.2 Å². The van der Waals surface area contributed by atoms with E-state index in [1.54, 1.807) is 18.2 Å². The van der Waals surface area contributed by atoms with Crippen LogP contribution in [-0.4, -0.2) is 142 Å². The van der Waals surface area contributed by atoms with E-state index in [1.165, 1.54) is 54.1 Å². The SMILES string of the molecule is COc1ccc(S(=O)(=O)N2C(=O)C(c3cc(CCN4CCN(C(=O)O)CC4)ccc3OC)(N3C[C@H](O)C[C@H]3C(=O)N(C)C)c3cc(Cl)ccc32)c(OC(F)(F)F)c1. The molecule has 3 amide bonds. The van der Waals surface area contributed by atoms with Crippen LogP contribution in [0.15, 0.2) is 59.5 Å². The molecule has 2 fully saturated rings. The lowest BCUT2D eigenvalue weighted by Gasteiger charge is -2.42. The minimum Gasteiger partial charge on any atom is -0.497 e. The lowest BCUT2D eigenvalue weighted by molar-refractivity contribution is -0.275. The number of aliphatic hydroxyl groups is 1. The van der Waals surface area contributed by atoms with Crippen molar-refractivity contribution in [3.63, 3.8) is 0 Å². The molecule has 0 spiro atoms. The summed E-state index contributed by atoms with van der Waals surface area (Å²) in [5, 5.41) is 20.6. The number of hydrogen-bond donors (Lipinski definition) is 2. The molecule has 6 rings (SSSR count). The molecule has 1 unspecified atom stereocenters. The number of β-amino-alcohol motifs (C(OH)–C–C–N with tert-alkyl or cyclic N) is 1. The van der Waals surface area contributed by atoms with Crippen molar-refractivity contribution in [1.82, 2.24) is 19.6 Å². The Bertz CT molecular complexity index is 2170. The lowest BCUT2D eigenvalue weighted by atomic mass is 9.80. The molecule has 20 heteroatoms. The number of likely N-dealkylation sites (tertiary alicyclic amines) is 1. The number of amides is 3. The number of alkyl halides is 3. The second-order valence-corrected chi connectivity index (χ2v) is 16.2. The van der Waals surface area contributed by atoms with Gasteiger partial charge in [0.2, 0.25) is 5.91 Å².